The number of rotatable bonds is 3. The van der Waals surface area contributed by atoms with Crippen LogP contribution >= 0.6 is 0 Å². The van der Waals surface area contributed by atoms with E-state index in [0.717, 1.165) is 12.2 Å². The fraction of sp³-hybridized carbons (Fsp3) is 0.462. The highest BCUT2D eigenvalue weighted by Gasteiger charge is 2.40. The zero-order valence-electron chi connectivity index (χ0n) is 10.2. The van der Waals surface area contributed by atoms with Crippen LogP contribution in [0.15, 0.2) is 24.3 Å². The van der Waals surface area contributed by atoms with Gasteiger partial charge in [-0.1, -0.05) is 12.1 Å². The number of carbonyl (C=O) groups excluding carboxylic acids is 1. The molecule has 1 saturated heterocycles. The van der Waals surface area contributed by atoms with Crippen LogP contribution in [0.2, 0.25) is 0 Å². The third-order valence-electron chi connectivity index (χ3n) is 2.87. The first kappa shape index (κ1) is 11.9. The van der Waals surface area contributed by atoms with E-state index in [-0.39, 0.29) is 5.91 Å². The molecule has 17 heavy (non-hydrogen) atoms. The molecule has 4 heteroatoms. The summed E-state index contributed by atoms with van der Waals surface area (Å²) in [6.07, 6.45) is 0. The summed E-state index contributed by atoms with van der Waals surface area (Å²) < 4.78 is 0. The minimum Gasteiger partial charge on any atom is -0.386 e. The van der Waals surface area contributed by atoms with E-state index < -0.39 is 5.60 Å². The van der Waals surface area contributed by atoms with Crippen LogP contribution in [0, 0.1) is 0 Å². The molecule has 92 valence electrons. The zero-order valence-corrected chi connectivity index (χ0v) is 10.2. The summed E-state index contributed by atoms with van der Waals surface area (Å²) in [6, 6.07) is 7.47. The molecule has 1 heterocycles. The van der Waals surface area contributed by atoms with Crippen molar-refractivity contribution in [1.82, 2.24) is 4.90 Å². The second-order valence-corrected chi connectivity index (χ2v) is 4.73. The van der Waals surface area contributed by atoms with Gasteiger partial charge in [0.25, 0.3) is 5.91 Å². The smallest absolute Gasteiger partial charge is 0.256 e. The van der Waals surface area contributed by atoms with Gasteiger partial charge in [-0.25, -0.2) is 0 Å². The number of para-hydroxylation sites is 1. The van der Waals surface area contributed by atoms with E-state index in [9.17, 15) is 9.90 Å². The highest BCUT2D eigenvalue weighted by Crippen LogP contribution is 2.25. The monoisotopic (exact) mass is 234 g/mol. The van der Waals surface area contributed by atoms with Crippen LogP contribution in [0.5, 0.6) is 0 Å². The molecule has 1 fully saturated rings. The molecule has 2 N–H and O–H groups in total. The van der Waals surface area contributed by atoms with Crippen LogP contribution in [0.3, 0.4) is 0 Å². The van der Waals surface area contributed by atoms with Crippen molar-refractivity contribution in [2.75, 3.05) is 25.0 Å². The quantitative estimate of drug-likeness (QED) is 0.829. The Kier molecular flexibility index (Phi) is 3.07. The van der Waals surface area contributed by atoms with Gasteiger partial charge in [0.15, 0.2) is 0 Å². The largest absolute Gasteiger partial charge is 0.386 e. The number of β-amino-alcohol motifs (C(OH)–C–C–N with tert-alkyl or cyclic N) is 1. The number of amides is 1. The Morgan fingerprint density at radius 2 is 2.12 bits per heavy atom. The number of carbonyl (C=O) groups is 1. The van der Waals surface area contributed by atoms with Crippen molar-refractivity contribution in [3.63, 3.8) is 0 Å². The molecule has 0 saturated carbocycles. The maximum absolute atomic E-state index is 12.2. The first-order valence-corrected chi connectivity index (χ1v) is 5.88. The number of hydrogen-bond acceptors (Lipinski definition) is 3. The SMILES string of the molecule is CCNc1ccccc1C(=O)N1CC(C)(O)C1. The van der Waals surface area contributed by atoms with Crippen molar-refractivity contribution >= 4 is 11.6 Å². The van der Waals surface area contributed by atoms with Gasteiger partial charge in [0.05, 0.1) is 24.3 Å². The molecule has 0 aliphatic carbocycles. The number of nitrogens with zero attached hydrogens (tertiary/aromatic N) is 1. The van der Waals surface area contributed by atoms with Crippen LogP contribution < -0.4 is 5.32 Å². The van der Waals surface area contributed by atoms with Crippen molar-refractivity contribution in [2.45, 2.75) is 19.4 Å². The Morgan fingerprint density at radius 3 is 2.71 bits per heavy atom. The molecule has 0 atom stereocenters. The van der Waals surface area contributed by atoms with Crippen molar-refractivity contribution in [3.8, 4) is 0 Å². The minimum absolute atomic E-state index is 0.0203. The normalized spacial score (nSPS) is 17.5. The van der Waals surface area contributed by atoms with Crippen LogP contribution in [0.1, 0.15) is 24.2 Å². The molecule has 1 aliphatic heterocycles. The second kappa shape index (κ2) is 4.37. The average molecular weight is 234 g/mol. The van der Waals surface area contributed by atoms with Crippen molar-refractivity contribution in [3.05, 3.63) is 29.8 Å². The lowest BCUT2D eigenvalue weighted by molar-refractivity contribution is -0.0668. The zero-order chi connectivity index (χ0) is 12.5. The summed E-state index contributed by atoms with van der Waals surface area (Å²) in [6.45, 7) is 5.34. The number of hydrogen-bond donors (Lipinski definition) is 2. The lowest BCUT2D eigenvalue weighted by atomic mass is 9.95. The molecule has 0 radical (unpaired) electrons. The first-order chi connectivity index (χ1) is 8.03. The fourth-order valence-corrected chi connectivity index (χ4v) is 2.10. The molecule has 4 nitrogen and oxygen atoms in total. The Balaban J connectivity index is 2.14. The summed E-state index contributed by atoms with van der Waals surface area (Å²) >= 11 is 0. The lowest BCUT2D eigenvalue weighted by Gasteiger charge is -2.44. The van der Waals surface area contributed by atoms with E-state index in [1.165, 1.54) is 0 Å². The van der Waals surface area contributed by atoms with Crippen LogP contribution in [-0.2, 0) is 0 Å². The van der Waals surface area contributed by atoms with Gasteiger partial charge in [-0.2, -0.15) is 0 Å². The maximum atomic E-state index is 12.2. The highest BCUT2D eigenvalue weighted by molar-refractivity contribution is 6.00. The molecule has 1 aliphatic rings. The van der Waals surface area contributed by atoms with Gasteiger partial charge >= 0.3 is 0 Å². The number of aliphatic hydroxyl groups is 1. The number of likely N-dealkylation sites (tertiary alicyclic amines) is 1. The van der Waals surface area contributed by atoms with Crippen molar-refractivity contribution in [1.29, 1.82) is 0 Å². The summed E-state index contributed by atoms with van der Waals surface area (Å²) in [4.78, 5) is 13.8. The van der Waals surface area contributed by atoms with E-state index in [1.807, 2.05) is 31.2 Å². The summed E-state index contributed by atoms with van der Waals surface area (Å²) in [5.41, 5.74) is 0.805. The molecule has 0 spiro atoms. The van der Waals surface area contributed by atoms with Crippen molar-refractivity contribution in [2.24, 2.45) is 0 Å². The lowest BCUT2D eigenvalue weighted by Crippen LogP contribution is -2.61. The predicted molar refractivity (Wildman–Crippen MR) is 67.1 cm³/mol. The Morgan fingerprint density at radius 1 is 1.47 bits per heavy atom. The van der Waals surface area contributed by atoms with Gasteiger partial charge in [-0.3, -0.25) is 4.79 Å². The van der Waals surface area contributed by atoms with Gasteiger partial charge < -0.3 is 15.3 Å². The maximum Gasteiger partial charge on any atom is 0.256 e. The number of benzene rings is 1. The second-order valence-electron chi connectivity index (χ2n) is 4.73. The Labute approximate surface area is 101 Å². The molecular formula is C13H18N2O2. The van der Waals surface area contributed by atoms with E-state index in [1.54, 1.807) is 11.8 Å². The van der Waals surface area contributed by atoms with Crippen LogP contribution in [0.25, 0.3) is 0 Å². The third-order valence-corrected chi connectivity index (χ3v) is 2.87. The van der Waals surface area contributed by atoms with Gasteiger partial charge in [0.2, 0.25) is 0 Å². The molecule has 0 aromatic heterocycles. The highest BCUT2D eigenvalue weighted by atomic mass is 16.3. The van der Waals surface area contributed by atoms with Gasteiger partial charge in [0, 0.05) is 12.2 Å². The first-order valence-electron chi connectivity index (χ1n) is 5.88. The van der Waals surface area contributed by atoms with Crippen molar-refractivity contribution < 1.29 is 9.90 Å². The predicted octanol–water partition coefficient (Wildman–Crippen LogP) is 1.33. The molecular weight excluding hydrogens is 216 g/mol. The van der Waals surface area contributed by atoms with E-state index in [4.69, 9.17) is 0 Å². The van der Waals surface area contributed by atoms with E-state index in [2.05, 4.69) is 5.32 Å². The summed E-state index contributed by atoms with van der Waals surface area (Å²) in [5.74, 6) is -0.0203. The molecule has 0 bridgehead atoms. The van der Waals surface area contributed by atoms with E-state index >= 15 is 0 Å². The van der Waals surface area contributed by atoms with Gasteiger partial charge in [-0.15, -0.1) is 0 Å². The van der Waals surface area contributed by atoms with E-state index in [0.29, 0.717) is 18.7 Å². The molecule has 0 unspecified atom stereocenters. The Hall–Kier alpha value is -1.55. The standard InChI is InChI=1S/C13H18N2O2/c1-3-14-11-7-5-4-6-10(11)12(16)15-8-13(2,17)9-15/h4-7,14,17H,3,8-9H2,1-2H3. The summed E-state index contributed by atoms with van der Waals surface area (Å²) in [5, 5.41) is 12.8. The Bertz CT molecular complexity index is 421. The molecule has 1 aromatic carbocycles. The van der Waals surface area contributed by atoms with Crippen LogP contribution in [0.4, 0.5) is 5.69 Å². The molecule has 1 aromatic rings. The van der Waals surface area contributed by atoms with Gasteiger partial charge in [0.1, 0.15) is 0 Å². The fourth-order valence-electron chi connectivity index (χ4n) is 2.10. The summed E-state index contributed by atoms with van der Waals surface area (Å²) in [7, 11) is 0. The topological polar surface area (TPSA) is 52.6 Å². The molecule has 1 amide bonds. The average Bonchev–Trinajstić information content (AvgIpc) is 2.26. The van der Waals surface area contributed by atoms with Crippen LogP contribution in [-0.4, -0.2) is 41.1 Å². The number of anilines is 1. The van der Waals surface area contributed by atoms with Gasteiger partial charge in [-0.05, 0) is 26.0 Å². The number of nitrogens with one attached hydrogen (secondary N) is 1. The third kappa shape index (κ3) is 2.42. The molecule has 2 rings (SSSR count). The minimum atomic E-state index is -0.719.